The van der Waals surface area contributed by atoms with Gasteiger partial charge in [-0.2, -0.15) is 0 Å². The maximum Gasteiger partial charge on any atom is 0.241 e. The summed E-state index contributed by atoms with van der Waals surface area (Å²) in [4.78, 5) is 26.8. The molecular formula is C22H27N3O4. The van der Waals surface area contributed by atoms with Gasteiger partial charge in [0, 0.05) is 17.4 Å². The van der Waals surface area contributed by atoms with E-state index in [1.54, 1.807) is 37.1 Å². The SMILES string of the molecule is Cc1cc(C)c(NC(=O)CN(C)[C@@H](C)C(=O)Nc2ccc3c(c2)OCO3)c(C)c1. The van der Waals surface area contributed by atoms with E-state index in [9.17, 15) is 9.59 Å². The maximum atomic E-state index is 12.6. The Labute approximate surface area is 171 Å². The number of carbonyl (C=O) groups is 2. The number of rotatable bonds is 6. The Kier molecular flexibility index (Phi) is 6.08. The topological polar surface area (TPSA) is 79.9 Å². The molecule has 0 fully saturated rings. The molecule has 1 atom stereocenters. The van der Waals surface area contributed by atoms with Gasteiger partial charge in [-0.1, -0.05) is 17.7 Å². The molecule has 0 aliphatic carbocycles. The summed E-state index contributed by atoms with van der Waals surface area (Å²) >= 11 is 0. The van der Waals surface area contributed by atoms with E-state index in [-0.39, 0.29) is 25.2 Å². The third kappa shape index (κ3) is 4.86. The Bertz CT molecular complexity index is 919. The highest BCUT2D eigenvalue weighted by molar-refractivity contribution is 5.97. The van der Waals surface area contributed by atoms with Crippen molar-refractivity contribution in [3.8, 4) is 11.5 Å². The minimum atomic E-state index is -0.494. The average Bonchev–Trinajstić information content (AvgIpc) is 3.11. The first-order valence-corrected chi connectivity index (χ1v) is 9.53. The molecule has 0 saturated heterocycles. The van der Waals surface area contributed by atoms with E-state index in [4.69, 9.17) is 9.47 Å². The smallest absolute Gasteiger partial charge is 0.241 e. The predicted octanol–water partition coefficient (Wildman–Crippen LogP) is 3.24. The summed E-state index contributed by atoms with van der Waals surface area (Å²) in [6.07, 6.45) is 0. The largest absolute Gasteiger partial charge is 0.454 e. The first-order valence-electron chi connectivity index (χ1n) is 9.53. The van der Waals surface area contributed by atoms with Crippen LogP contribution >= 0.6 is 0 Å². The lowest BCUT2D eigenvalue weighted by Gasteiger charge is -2.24. The normalized spacial score (nSPS) is 13.3. The second-order valence-electron chi connectivity index (χ2n) is 7.47. The molecule has 0 spiro atoms. The number of hydrogen-bond donors (Lipinski definition) is 2. The Morgan fingerprint density at radius 2 is 1.69 bits per heavy atom. The monoisotopic (exact) mass is 397 g/mol. The molecule has 154 valence electrons. The molecule has 7 nitrogen and oxygen atoms in total. The van der Waals surface area contributed by atoms with Gasteiger partial charge in [0.25, 0.3) is 0 Å². The molecular weight excluding hydrogens is 370 g/mol. The number of nitrogens with one attached hydrogen (secondary N) is 2. The highest BCUT2D eigenvalue weighted by Gasteiger charge is 2.22. The van der Waals surface area contributed by atoms with E-state index < -0.39 is 6.04 Å². The van der Waals surface area contributed by atoms with Crippen molar-refractivity contribution in [1.29, 1.82) is 0 Å². The lowest BCUT2D eigenvalue weighted by atomic mass is 10.1. The number of likely N-dealkylation sites (N-methyl/N-ethyl adjacent to an activating group) is 1. The van der Waals surface area contributed by atoms with Gasteiger partial charge in [0.15, 0.2) is 11.5 Å². The van der Waals surface area contributed by atoms with Crippen molar-refractivity contribution in [2.45, 2.75) is 33.7 Å². The van der Waals surface area contributed by atoms with Crippen molar-refractivity contribution in [3.63, 3.8) is 0 Å². The second kappa shape index (κ2) is 8.53. The van der Waals surface area contributed by atoms with Crippen LogP contribution in [-0.4, -0.2) is 43.1 Å². The van der Waals surface area contributed by atoms with Crippen molar-refractivity contribution in [2.75, 3.05) is 31.0 Å². The molecule has 2 N–H and O–H groups in total. The lowest BCUT2D eigenvalue weighted by molar-refractivity contribution is -0.122. The summed E-state index contributed by atoms with van der Waals surface area (Å²) in [5.41, 5.74) is 4.64. The van der Waals surface area contributed by atoms with E-state index in [0.29, 0.717) is 17.2 Å². The first kappa shape index (κ1) is 20.7. The van der Waals surface area contributed by atoms with Gasteiger partial charge in [0.2, 0.25) is 18.6 Å². The minimum Gasteiger partial charge on any atom is -0.454 e. The number of nitrogens with zero attached hydrogens (tertiary/aromatic N) is 1. The van der Waals surface area contributed by atoms with Crippen LogP contribution in [0.4, 0.5) is 11.4 Å². The minimum absolute atomic E-state index is 0.0997. The number of amides is 2. The van der Waals surface area contributed by atoms with Gasteiger partial charge >= 0.3 is 0 Å². The average molecular weight is 397 g/mol. The third-order valence-electron chi connectivity index (χ3n) is 5.02. The number of fused-ring (bicyclic) bond motifs is 1. The molecule has 0 saturated carbocycles. The highest BCUT2D eigenvalue weighted by Crippen LogP contribution is 2.34. The highest BCUT2D eigenvalue weighted by atomic mass is 16.7. The van der Waals surface area contributed by atoms with Crippen LogP contribution in [0.3, 0.4) is 0 Å². The number of carbonyl (C=O) groups excluding carboxylic acids is 2. The summed E-state index contributed by atoms with van der Waals surface area (Å²) in [7, 11) is 1.75. The lowest BCUT2D eigenvalue weighted by Crippen LogP contribution is -2.43. The van der Waals surface area contributed by atoms with Gasteiger partial charge in [-0.15, -0.1) is 0 Å². The molecule has 0 radical (unpaired) electrons. The van der Waals surface area contributed by atoms with E-state index in [0.717, 1.165) is 22.4 Å². The van der Waals surface area contributed by atoms with Crippen LogP contribution in [0.25, 0.3) is 0 Å². The van der Waals surface area contributed by atoms with Crippen molar-refractivity contribution in [1.82, 2.24) is 4.90 Å². The van der Waals surface area contributed by atoms with Crippen LogP contribution in [0, 0.1) is 20.8 Å². The van der Waals surface area contributed by atoms with Crippen LogP contribution < -0.4 is 20.1 Å². The van der Waals surface area contributed by atoms with Gasteiger partial charge in [-0.25, -0.2) is 0 Å². The zero-order chi connectivity index (χ0) is 21.1. The van der Waals surface area contributed by atoms with E-state index in [2.05, 4.69) is 10.6 Å². The fourth-order valence-electron chi connectivity index (χ4n) is 3.34. The molecule has 0 bridgehead atoms. The zero-order valence-corrected chi connectivity index (χ0v) is 17.5. The molecule has 1 aliphatic rings. The Morgan fingerprint density at radius 3 is 2.38 bits per heavy atom. The van der Waals surface area contributed by atoms with Crippen molar-refractivity contribution in [2.24, 2.45) is 0 Å². The Hall–Kier alpha value is -3.06. The molecule has 29 heavy (non-hydrogen) atoms. The Balaban J connectivity index is 1.57. The van der Waals surface area contributed by atoms with Crippen molar-refractivity contribution < 1.29 is 19.1 Å². The number of benzene rings is 2. The molecule has 0 aromatic heterocycles. The van der Waals surface area contributed by atoms with E-state index in [1.165, 1.54) is 0 Å². The van der Waals surface area contributed by atoms with Crippen molar-refractivity contribution in [3.05, 3.63) is 47.0 Å². The molecule has 0 unspecified atom stereocenters. The van der Waals surface area contributed by atoms with Crippen molar-refractivity contribution >= 4 is 23.2 Å². The molecule has 1 heterocycles. The molecule has 7 heteroatoms. The van der Waals surface area contributed by atoms with Gasteiger partial charge in [-0.05, 0) is 58.0 Å². The molecule has 2 aromatic carbocycles. The third-order valence-corrected chi connectivity index (χ3v) is 5.02. The summed E-state index contributed by atoms with van der Waals surface area (Å²) in [6.45, 7) is 8.02. The maximum absolute atomic E-state index is 12.6. The predicted molar refractivity (Wildman–Crippen MR) is 113 cm³/mol. The summed E-state index contributed by atoms with van der Waals surface area (Å²) in [5, 5.41) is 5.82. The van der Waals surface area contributed by atoms with Gasteiger partial charge in [0.05, 0.1) is 12.6 Å². The molecule has 3 rings (SSSR count). The first-order chi connectivity index (χ1) is 13.7. The number of ether oxygens (including phenoxy) is 2. The number of aryl methyl sites for hydroxylation is 3. The zero-order valence-electron chi connectivity index (χ0n) is 17.5. The summed E-state index contributed by atoms with van der Waals surface area (Å²) < 4.78 is 10.6. The van der Waals surface area contributed by atoms with Crippen LogP contribution in [-0.2, 0) is 9.59 Å². The second-order valence-corrected chi connectivity index (χ2v) is 7.47. The van der Waals surface area contributed by atoms with Crippen LogP contribution in [0.2, 0.25) is 0 Å². The Morgan fingerprint density at radius 1 is 1.03 bits per heavy atom. The number of anilines is 2. The van der Waals surface area contributed by atoms with Crippen LogP contribution in [0.1, 0.15) is 23.6 Å². The standard InChI is InChI=1S/C22H27N3O4/c1-13-8-14(2)21(15(3)9-13)24-20(26)11-25(5)16(4)22(27)23-17-6-7-18-19(10-17)29-12-28-18/h6-10,16H,11-12H2,1-5H3,(H,23,27)(H,24,26)/t16-/m0/s1. The van der Waals surface area contributed by atoms with E-state index >= 15 is 0 Å². The van der Waals surface area contributed by atoms with Gasteiger partial charge in [-0.3, -0.25) is 14.5 Å². The molecule has 2 amide bonds. The molecule has 2 aromatic rings. The quantitative estimate of drug-likeness (QED) is 0.782. The van der Waals surface area contributed by atoms with Gasteiger partial charge < -0.3 is 20.1 Å². The fourth-order valence-corrected chi connectivity index (χ4v) is 3.34. The van der Waals surface area contributed by atoms with Crippen LogP contribution in [0.15, 0.2) is 30.3 Å². The van der Waals surface area contributed by atoms with E-state index in [1.807, 2.05) is 32.9 Å². The number of hydrogen-bond acceptors (Lipinski definition) is 5. The van der Waals surface area contributed by atoms with Gasteiger partial charge in [0.1, 0.15) is 0 Å². The fraction of sp³-hybridized carbons (Fsp3) is 0.364. The van der Waals surface area contributed by atoms with Crippen LogP contribution in [0.5, 0.6) is 11.5 Å². The summed E-state index contributed by atoms with van der Waals surface area (Å²) in [6, 6.07) is 8.82. The molecule has 1 aliphatic heterocycles. The summed E-state index contributed by atoms with van der Waals surface area (Å²) in [5.74, 6) is 0.894.